The van der Waals surface area contributed by atoms with Crippen LogP contribution in [0.15, 0.2) is 24.3 Å². The number of aliphatic hydroxyl groups excluding tert-OH is 1. The molecule has 2 nitrogen and oxygen atoms in total. The van der Waals surface area contributed by atoms with Gasteiger partial charge >= 0.3 is 0 Å². The van der Waals surface area contributed by atoms with Gasteiger partial charge in [0.05, 0.1) is 0 Å². The fraction of sp³-hybridized carbons (Fsp3) is 0.538. The number of benzene rings is 1. The van der Waals surface area contributed by atoms with Crippen LogP contribution in [-0.4, -0.2) is 24.3 Å². The molecule has 0 aliphatic heterocycles. The van der Waals surface area contributed by atoms with Crippen LogP contribution >= 0.6 is 0 Å². The van der Waals surface area contributed by atoms with Gasteiger partial charge < -0.3 is 10.4 Å². The van der Waals surface area contributed by atoms with Crippen molar-refractivity contribution in [1.82, 2.24) is 5.32 Å². The minimum atomic E-state index is -0.132. The molecular formula is C13H20FNO. The molecule has 1 atom stereocenters. The quantitative estimate of drug-likeness (QED) is 0.745. The zero-order chi connectivity index (χ0) is 11.8. The molecule has 0 fully saturated rings. The molecule has 0 saturated carbocycles. The summed E-state index contributed by atoms with van der Waals surface area (Å²) in [6, 6.07) is 7.24. The molecule has 0 aliphatic carbocycles. The first-order valence-electron chi connectivity index (χ1n) is 5.81. The second-order valence-corrected chi connectivity index (χ2v) is 4.06. The zero-order valence-corrected chi connectivity index (χ0v) is 9.75. The minimum absolute atomic E-state index is 0.132. The average molecular weight is 225 g/mol. The van der Waals surface area contributed by atoms with Crippen LogP contribution in [0.3, 0.4) is 0 Å². The molecule has 0 aromatic heterocycles. The third kappa shape index (κ3) is 4.73. The lowest BCUT2D eigenvalue weighted by molar-refractivity contribution is 0.276. The Labute approximate surface area is 96.5 Å². The summed E-state index contributed by atoms with van der Waals surface area (Å²) in [5.41, 5.74) is 0.754. The van der Waals surface area contributed by atoms with Crippen molar-refractivity contribution in [2.75, 3.05) is 13.2 Å². The van der Waals surface area contributed by atoms with Gasteiger partial charge in [-0.25, -0.2) is 4.39 Å². The molecule has 0 saturated heterocycles. The molecule has 1 rings (SSSR count). The van der Waals surface area contributed by atoms with E-state index in [0.717, 1.165) is 24.9 Å². The van der Waals surface area contributed by atoms with Crippen LogP contribution < -0.4 is 5.32 Å². The highest BCUT2D eigenvalue weighted by Crippen LogP contribution is 2.06. The lowest BCUT2D eigenvalue weighted by atomic mass is 10.1. The van der Waals surface area contributed by atoms with E-state index < -0.39 is 0 Å². The summed E-state index contributed by atoms with van der Waals surface area (Å²) < 4.78 is 13.3. The van der Waals surface area contributed by atoms with Crippen molar-refractivity contribution in [2.24, 2.45) is 0 Å². The summed E-state index contributed by atoms with van der Waals surface area (Å²) >= 11 is 0. The van der Waals surface area contributed by atoms with Crippen molar-refractivity contribution in [2.45, 2.75) is 32.2 Å². The molecule has 2 N–H and O–H groups in total. The Morgan fingerprint density at radius 2 is 2.12 bits per heavy atom. The fourth-order valence-electron chi connectivity index (χ4n) is 1.65. The fourth-order valence-corrected chi connectivity index (χ4v) is 1.65. The van der Waals surface area contributed by atoms with Crippen LogP contribution in [0, 0.1) is 5.82 Å². The second-order valence-electron chi connectivity index (χ2n) is 4.06. The SMILES string of the molecule is CC(CCCO)NCCc1ccccc1F. The highest BCUT2D eigenvalue weighted by Gasteiger charge is 2.02. The number of hydrogen-bond acceptors (Lipinski definition) is 2. The maximum atomic E-state index is 13.3. The van der Waals surface area contributed by atoms with E-state index in [-0.39, 0.29) is 12.4 Å². The minimum Gasteiger partial charge on any atom is -0.396 e. The maximum Gasteiger partial charge on any atom is 0.126 e. The molecule has 90 valence electrons. The molecule has 1 aromatic carbocycles. The zero-order valence-electron chi connectivity index (χ0n) is 9.75. The van der Waals surface area contributed by atoms with Gasteiger partial charge in [0.25, 0.3) is 0 Å². The molecule has 1 aromatic rings. The van der Waals surface area contributed by atoms with Crippen molar-refractivity contribution in [3.63, 3.8) is 0 Å². The van der Waals surface area contributed by atoms with Crippen LogP contribution in [0.4, 0.5) is 4.39 Å². The van der Waals surface area contributed by atoms with E-state index >= 15 is 0 Å². The highest BCUT2D eigenvalue weighted by atomic mass is 19.1. The first-order valence-corrected chi connectivity index (χ1v) is 5.81. The Kier molecular flexibility index (Phi) is 6.04. The van der Waals surface area contributed by atoms with Crippen LogP contribution in [0.1, 0.15) is 25.3 Å². The molecule has 16 heavy (non-hydrogen) atoms. The Balaban J connectivity index is 2.23. The molecule has 1 unspecified atom stereocenters. The van der Waals surface area contributed by atoms with E-state index in [2.05, 4.69) is 12.2 Å². The van der Waals surface area contributed by atoms with Gasteiger partial charge in [-0.15, -0.1) is 0 Å². The van der Waals surface area contributed by atoms with Crippen LogP contribution in [0.25, 0.3) is 0 Å². The van der Waals surface area contributed by atoms with Crippen molar-refractivity contribution < 1.29 is 9.50 Å². The Morgan fingerprint density at radius 1 is 1.38 bits per heavy atom. The predicted octanol–water partition coefficient (Wildman–Crippen LogP) is 2.12. The summed E-state index contributed by atoms with van der Waals surface area (Å²) in [5, 5.41) is 12.0. The molecule has 0 amide bonds. The number of hydrogen-bond donors (Lipinski definition) is 2. The number of rotatable bonds is 7. The second kappa shape index (κ2) is 7.36. The molecular weight excluding hydrogens is 205 g/mol. The third-order valence-corrected chi connectivity index (χ3v) is 2.64. The van der Waals surface area contributed by atoms with E-state index in [1.54, 1.807) is 6.07 Å². The Morgan fingerprint density at radius 3 is 2.81 bits per heavy atom. The van der Waals surface area contributed by atoms with Gasteiger partial charge in [-0.05, 0) is 44.4 Å². The van der Waals surface area contributed by atoms with E-state index in [9.17, 15) is 4.39 Å². The topological polar surface area (TPSA) is 32.3 Å². The number of nitrogens with one attached hydrogen (secondary N) is 1. The Bertz CT molecular complexity index is 304. The third-order valence-electron chi connectivity index (χ3n) is 2.64. The largest absolute Gasteiger partial charge is 0.396 e. The number of halogens is 1. The van der Waals surface area contributed by atoms with E-state index in [4.69, 9.17) is 5.11 Å². The number of aliphatic hydroxyl groups is 1. The van der Waals surface area contributed by atoms with Crippen molar-refractivity contribution >= 4 is 0 Å². The van der Waals surface area contributed by atoms with Gasteiger partial charge in [0, 0.05) is 12.6 Å². The van der Waals surface area contributed by atoms with E-state index in [1.807, 2.05) is 12.1 Å². The standard InChI is InChI=1S/C13H20FNO/c1-11(5-4-10-16)15-9-8-12-6-2-3-7-13(12)14/h2-3,6-7,11,15-16H,4-5,8-10H2,1H3. The lowest BCUT2D eigenvalue weighted by Crippen LogP contribution is -2.28. The highest BCUT2D eigenvalue weighted by molar-refractivity contribution is 5.17. The van der Waals surface area contributed by atoms with Crippen molar-refractivity contribution in [1.29, 1.82) is 0 Å². The van der Waals surface area contributed by atoms with Gasteiger partial charge in [-0.1, -0.05) is 18.2 Å². The van der Waals surface area contributed by atoms with Crippen LogP contribution in [-0.2, 0) is 6.42 Å². The lowest BCUT2D eigenvalue weighted by Gasteiger charge is -2.13. The summed E-state index contributed by atoms with van der Waals surface area (Å²) in [7, 11) is 0. The smallest absolute Gasteiger partial charge is 0.126 e. The van der Waals surface area contributed by atoms with Gasteiger partial charge in [-0.2, -0.15) is 0 Å². The summed E-state index contributed by atoms with van der Waals surface area (Å²) in [6.07, 6.45) is 2.47. The van der Waals surface area contributed by atoms with Gasteiger partial charge in [0.15, 0.2) is 0 Å². The molecule has 0 spiro atoms. The van der Waals surface area contributed by atoms with Crippen molar-refractivity contribution in [3.8, 4) is 0 Å². The van der Waals surface area contributed by atoms with Gasteiger partial charge in [0.1, 0.15) is 5.82 Å². The van der Waals surface area contributed by atoms with Gasteiger partial charge in [0.2, 0.25) is 0 Å². The normalized spacial score (nSPS) is 12.7. The molecule has 0 radical (unpaired) electrons. The van der Waals surface area contributed by atoms with E-state index in [0.29, 0.717) is 12.5 Å². The van der Waals surface area contributed by atoms with Crippen molar-refractivity contribution in [3.05, 3.63) is 35.6 Å². The average Bonchev–Trinajstić information content (AvgIpc) is 2.29. The first kappa shape index (κ1) is 13.1. The predicted molar refractivity (Wildman–Crippen MR) is 63.9 cm³/mol. The molecule has 0 heterocycles. The van der Waals surface area contributed by atoms with Gasteiger partial charge in [-0.3, -0.25) is 0 Å². The first-order chi connectivity index (χ1) is 7.74. The monoisotopic (exact) mass is 225 g/mol. The molecule has 0 aliphatic rings. The van der Waals surface area contributed by atoms with E-state index in [1.165, 1.54) is 6.07 Å². The molecule has 3 heteroatoms. The maximum absolute atomic E-state index is 13.3. The Hall–Kier alpha value is -0.930. The summed E-state index contributed by atoms with van der Waals surface area (Å²) in [5.74, 6) is -0.132. The summed E-state index contributed by atoms with van der Waals surface area (Å²) in [6.45, 7) is 3.09. The van der Waals surface area contributed by atoms with Crippen LogP contribution in [0.2, 0.25) is 0 Å². The molecule has 0 bridgehead atoms. The summed E-state index contributed by atoms with van der Waals surface area (Å²) in [4.78, 5) is 0. The van der Waals surface area contributed by atoms with Crippen LogP contribution in [0.5, 0.6) is 0 Å².